The summed E-state index contributed by atoms with van der Waals surface area (Å²) in [6, 6.07) is 9.62. The first-order valence-corrected chi connectivity index (χ1v) is 10.4. The lowest BCUT2D eigenvalue weighted by Crippen LogP contribution is -2.22. The summed E-state index contributed by atoms with van der Waals surface area (Å²) in [6.07, 6.45) is 3.15. The number of phenols is 2. The normalized spacial score (nSPS) is 15.4. The van der Waals surface area contributed by atoms with Crippen LogP contribution in [0.3, 0.4) is 0 Å². The largest absolute Gasteiger partial charge is 0.504 e. The van der Waals surface area contributed by atoms with Crippen molar-refractivity contribution in [3.8, 4) is 23.0 Å². The molecule has 30 heavy (non-hydrogen) atoms. The van der Waals surface area contributed by atoms with E-state index in [4.69, 9.17) is 21.7 Å². The van der Waals surface area contributed by atoms with Gasteiger partial charge in [0, 0.05) is 0 Å². The van der Waals surface area contributed by atoms with E-state index >= 15 is 0 Å². The Bertz CT molecular complexity index is 1040. The molecule has 2 N–H and O–H groups in total. The van der Waals surface area contributed by atoms with E-state index in [9.17, 15) is 15.0 Å². The Morgan fingerprint density at radius 2 is 1.60 bits per heavy atom. The third kappa shape index (κ3) is 4.92. The number of hydrazone groups is 1. The Labute approximate surface area is 183 Å². The molecule has 156 valence electrons. The smallest absolute Gasteiger partial charge is 0.286 e. The van der Waals surface area contributed by atoms with Gasteiger partial charge in [0.1, 0.15) is 0 Å². The van der Waals surface area contributed by atoms with Crippen LogP contribution < -0.4 is 9.47 Å². The van der Waals surface area contributed by atoms with Crippen molar-refractivity contribution in [3.63, 3.8) is 0 Å². The number of aromatic hydroxyl groups is 2. The van der Waals surface area contributed by atoms with Gasteiger partial charge in [-0.2, -0.15) is 10.1 Å². The lowest BCUT2D eigenvalue weighted by molar-refractivity contribution is -0.122. The molecule has 1 amide bonds. The maximum atomic E-state index is 12.7. The highest BCUT2D eigenvalue weighted by atomic mass is 32.2. The van der Waals surface area contributed by atoms with Crippen molar-refractivity contribution in [3.05, 3.63) is 52.4 Å². The van der Waals surface area contributed by atoms with Crippen LogP contribution in [0.15, 0.2) is 46.4 Å². The number of thioether (sulfide) groups is 1. The molecular formula is C21H20N2O5S2. The van der Waals surface area contributed by atoms with Gasteiger partial charge in [-0.1, -0.05) is 17.8 Å². The molecular weight excluding hydrogens is 424 g/mol. The molecule has 0 saturated carbocycles. The van der Waals surface area contributed by atoms with Crippen LogP contribution in [-0.2, 0) is 4.79 Å². The number of thiocarbonyl (C=S) groups is 1. The number of phenolic OH excluding ortho intramolecular Hbond substituents is 2. The van der Waals surface area contributed by atoms with Crippen LogP contribution in [0, 0.1) is 0 Å². The first-order chi connectivity index (χ1) is 14.4. The number of ether oxygens (including phenoxy) is 2. The van der Waals surface area contributed by atoms with Crippen molar-refractivity contribution in [2.45, 2.75) is 13.8 Å². The average molecular weight is 445 g/mol. The number of benzene rings is 2. The van der Waals surface area contributed by atoms with E-state index in [1.165, 1.54) is 18.3 Å². The van der Waals surface area contributed by atoms with Crippen LogP contribution in [0.25, 0.3) is 6.08 Å². The fourth-order valence-corrected chi connectivity index (χ4v) is 3.78. The van der Waals surface area contributed by atoms with Gasteiger partial charge in [-0.05, 0) is 73.6 Å². The number of amides is 1. The number of rotatable bonds is 7. The fourth-order valence-electron chi connectivity index (χ4n) is 2.61. The molecule has 0 unspecified atom stereocenters. The van der Waals surface area contributed by atoms with E-state index in [1.54, 1.807) is 30.3 Å². The maximum Gasteiger partial charge on any atom is 0.286 e. The molecule has 3 rings (SSSR count). The highest BCUT2D eigenvalue weighted by Crippen LogP contribution is 2.35. The summed E-state index contributed by atoms with van der Waals surface area (Å²) in [5.74, 6) is 0.395. The van der Waals surface area contributed by atoms with E-state index in [2.05, 4.69) is 5.10 Å². The van der Waals surface area contributed by atoms with Crippen LogP contribution >= 0.6 is 24.0 Å². The number of hydrogen-bond acceptors (Lipinski definition) is 8. The zero-order valence-corrected chi connectivity index (χ0v) is 18.0. The van der Waals surface area contributed by atoms with Crippen LogP contribution in [0.1, 0.15) is 25.0 Å². The Morgan fingerprint density at radius 1 is 1.03 bits per heavy atom. The second kappa shape index (κ2) is 9.64. The second-order valence-electron chi connectivity index (χ2n) is 6.06. The topological polar surface area (TPSA) is 91.6 Å². The number of hydrogen-bond donors (Lipinski definition) is 2. The second-order valence-corrected chi connectivity index (χ2v) is 7.73. The average Bonchev–Trinajstić information content (AvgIpc) is 2.98. The monoisotopic (exact) mass is 444 g/mol. The molecule has 1 aliphatic heterocycles. The van der Waals surface area contributed by atoms with Gasteiger partial charge in [0.25, 0.3) is 5.91 Å². The van der Waals surface area contributed by atoms with Crippen molar-refractivity contribution in [1.29, 1.82) is 0 Å². The van der Waals surface area contributed by atoms with Crippen molar-refractivity contribution >= 4 is 46.5 Å². The van der Waals surface area contributed by atoms with Gasteiger partial charge in [-0.25, -0.2) is 0 Å². The van der Waals surface area contributed by atoms with Crippen LogP contribution in [0.4, 0.5) is 0 Å². The molecule has 1 heterocycles. The Hall–Kier alpha value is -3.04. The molecule has 0 radical (unpaired) electrons. The first kappa shape index (κ1) is 21.7. The van der Waals surface area contributed by atoms with E-state index < -0.39 is 0 Å². The fraction of sp³-hybridized carbons (Fsp3) is 0.190. The third-order valence-electron chi connectivity index (χ3n) is 3.96. The standard InChI is InChI=1S/C21H20N2O5S2/c1-3-27-17-9-13(5-7-15(17)24)11-19-20(26)23(21(29)30-19)22-12-14-6-8-16(25)18(10-14)28-4-2/h5-12,24-25H,3-4H2,1-2H3. The molecule has 1 fully saturated rings. The molecule has 7 nitrogen and oxygen atoms in total. The van der Waals surface area contributed by atoms with E-state index in [-0.39, 0.29) is 17.4 Å². The molecule has 0 bridgehead atoms. The van der Waals surface area contributed by atoms with Crippen LogP contribution in [0.2, 0.25) is 0 Å². The first-order valence-electron chi connectivity index (χ1n) is 9.16. The van der Waals surface area contributed by atoms with Crippen molar-refractivity contribution < 1.29 is 24.5 Å². The van der Waals surface area contributed by atoms with Gasteiger partial charge in [-0.3, -0.25) is 4.79 Å². The molecule has 2 aromatic carbocycles. The lowest BCUT2D eigenvalue weighted by Gasteiger charge is -2.08. The highest BCUT2D eigenvalue weighted by Gasteiger charge is 2.32. The SMILES string of the molecule is CCOc1cc(C=NN2C(=O)C(=Cc3ccc(O)c(OCC)c3)SC2=S)ccc1O. The summed E-state index contributed by atoms with van der Waals surface area (Å²) >= 11 is 6.42. The van der Waals surface area contributed by atoms with Gasteiger partial charge in [0.2, 0.25) is 0 Å². The van der Waals surface area contributed by atoms with Crippen LogP contribution in [0.5, 0.6) is 23.0 Å². The van der Waals surface area contributed by atoms with Crippen molar-refractivity contribution in [1.82, 2.24) is 5.01 Å². The van der Waals surface area contributed by atoms with Crippen LogP contribution in [-0.4, -0.2) is 44.9 Å². The van der Waals surface area contributed by atoms with Crippen molar-refractivity contribution in [2.75, 3.05) is 13.2 Å². The zero-order chi connectivity index (χ0) is 21.7. The lowest BCUT2D eigenvalue weighted by atomic mass is 10.2. The minimum Gasteiger partial charge on any atom is -0.504 e. The molecule has 1 aliphatic rings. The van der Waals surface area contributed by atoms with E-state index in [0.717, 1.165) is 16.8 Å². The quantitative estimate of drug-likeness (QED) is 0.377. The van der Waals surface area contributed by atoms with E-state index in [1.807, 2.05) is 13.8 Å². The molecule has 0 spiro atoms. The summed E-state index contributed by atoms with van der Waals surface area (Å²) in [7, 11) is 0. The minimum atomic E-state index is -0.351. The number of nitrogens with zero attached hydrogens (tertiary/aromatic N) is 2. The summed E-state index contributed by atoms with van der Waals surface area (Å²) in [5.41, 5.74) is 1.34. The van der Waals surface area contributed by atoms with Gasteiger partial charge < -0.3 is 19.7 Å². The molecule has 0 aliphatic carbocycles. The summed E-state index contributed by atoms with van der Waals surface area (Å²) in [4.78, 5) is 13.1. The Morgan fingerprint density at radius 3 is 2.20 bits per heavy atom. The third-order valence-corrected chi connectivity index (χ3v) is 5.24. The summed E-state index contributed by atoms with van der Waals surface area (Å²) in [5, 5.41) is 24.9. The number of carbonyl (C=O) groups is 1. The molecule has 0 atom stereocenters. The maximum absolute atomic E-state index is 12.7. The van der Waals surface area contributed by atoms with Crippen molar-refractivity contribution in [2.24, 2.45) is 5.10 Å². The molecule has 0 aromatic heterocycles. The molecule has 2 aromatic rings. The Kier molecular flexibility index (Phi) is 6.96. The summed E-state index contributed by atoms with van der Waals surface area (Å²) in [6.45, 7) is 4.46. The molecule has 9 heteroatoms. The Balaban J connectivity index is 1.80. The van der Waals surface area contributed by atoms with Gasteiger partial charge in [0.15, 0.2) is 27.3 Å². The number of carbonyl (C=O) groups excluding carboxylic acids is 1. The predicted octanol–water partition coefficient (Wildman–Crippen LogP) is 4.13. The van der Waals surface area contributed by atoms with Gasteiger partial charge in [0.05, 0.1) is 24.3 Å². The van der Waals surface area contributed by atoms with Gasteiger partial charge >= 0.3 is 0 Å². The predicted molar refractivity (Wildman–Crippen MR) is 121 cm³/mol. The summed E-state index contributed by atoms with van der Waals surface area (Å²) < 4.78 is 11.0. The molecule has 1 saturated heterocycles. The van der Waals surface area contributed by atoms with E-state index in [0.29, 0.717) is 45.1 Å². The van der Waals surface area contributed by atoms with Gasteiger partial charge in [-0.15, -0.1) is 0 Å². The zero-order valence-electron chi connectivity index (χ0n) is 16.4. The minimum absolute atomic E-state index is 0.0304. The highest BCUT2D eigenvalue weighted by molar-refractivity contribution is 8.26.